The number of aliphatic imine (C=N–C) groups is 1. The van der Waals surface area contributed by atoms with Gasteiger partial charge in [-0.2, -0.15) is 0 Å². The number of likely N-dealkylation sites (N-methyl/N-ethyl adjacent to an activating group) is 1. The van der Waals surface area contributed by atoms with Crippen molar-refractivity contribution in [3.8, 4) is 0 Å². The van der Waals surface area contributed by atoms with E-state index in [4.69, 9.17) is 4.99 Å². The van der Waals surface area contributed by atoms with E-state index in [1.165, 1.54) is 65.2 Å². The second kappa shape index (κ2) is 14.8. The molecule has 3 nitrogen and oxygen atoms in total. The van der Waals surface area contributed by atoms with Gasteiger partial charge in [-0.1, -0.05) is 84.0 Å². The highest BCUT2D eigenvalue weighted by molar-refractivity contribution is 6.04. The second-order valence-corrected chi connectivity index (χ2v) is 11.3. The third kappa shape index (κ3) is 9.54. The molecule has 1 heterocycles. The first-order chi connectivity index (χ1) is 17.6. The zero-order chi connectivity index (χ0) is 27.4. The van der Waals surface area contributed by atoms with Crippen LogP contribution in [0.1, 0.15) is 91.2 Å². The Balaban J connectivity index is 0.000000410. The maximum atomic E-state index is 4.94. The van der Waals surface area contributed by atoms with E-state index in [0.29, 0.717) is 0 Å². The maximum absolute atomic E-state index is 4.94. The van der Waals surface area contributed by atoms with Crippen LogP contribution in [0.5, 0.6) is 0 Å². The van der Waals surface area contributed by atoms with Crippen molar-refractivity contribution < 1.29 is 0 Å². The van der Waals surface area contributed by atoms with Crippen molar-refractivity contribution in [1.82, 2.24) is 9.80 Å². The monoisotopic (exact) mass is 501 g/mol. The molecule has 37 heavy (non-hydrogen) atoms. The lowest BCUT2D eigenvalue weighted by Crippen LogP contribution is -2.18. The Bertz CT molecular complexity index is 1020. The molecule has 0 amide bonds. The molecule has 2 aliphatic rings. The largest absolute Gasteiger partial charge is 0.378 e. The minimum absolute atomic E-state index is 0.182. The summed E-state index contributed by atoms with van der Waals surface area (Å²) < 4.78 is 0. The molecule has 0 bridgehead atoms. The highest BCUT2D eigenvalue weighted by Crippen LogP contribution is 2.33. The molecular weight excluding hydrogens is 450 g/mol. The molecule has 0 N–H and O–H groups in total. The zero-order valence-electron chi connectivity index (χ0n) is 24.9. The highest BCUT2D eigenvalue weighted by atomic mass is 15.1. The summed E-state index contributed by atoms with van der Waals surface area (Å²) in [5.74, 6) is 0. The SMILES string of the molecule is C=CN(CCC)CCCC.CC1=C(/C2=C/C(N(C)C)=C\C=C/CC2)CC(c2ccc(C(C)(C)C)cc2)=N1. The molecule has 1 aliphatic heterocycles. The number of unbranched alkanes of at least 4 members (excludes halogenated alkanes) is 1. The first-order valence-electron chi connectivity index (χ1n) is 14.1. The van der Waals surface area contributed by atoms with Crippen molar-refractivity contribution in [2.75, 3.05) is 27.2 Å². The van der Waals surface area contributed by atoms with Gasteiger partial charge in [-0.15, -0.1) is 0 Å². The summed E-state index contributed by atoms with van der Waals surface area (Å²) in [6, 6.07) is 8.96. The molecule has 1 aliphatic carbocycles. The standard InChI is InChI=1S/C25H32N2.C9H19N/c1-18-23(20-10-8-7-9-11-22(16-20)27(5)6)17-24(26-18)19-12-14-21(15-13-19)25(2,3)4;1-4-7-9-10(6-3)8-5-2/h7,9,11-16H,8,10,17H2,1-6H3;6H,3-5,7-9H2,1-2H3/b9-7-,20-16+,22-11+;. The van der Waals surface area contributed by atoms with Crippen LogP contribution in [0.15, 0.2) is 88.9 Å². The van der Waals surface area contributed by atoms with Gasteiger partial charge in [-0.3, -0.25) is 4.99 Å². The number of hydrogen-bond acceptors (Lipinski definition) is 3. The predicted molar refractivity (Wildman–Crippen MR) is 164 cm³/mol. The van der Waals surface area contributed by atoms with Crippen molar-refractivity contribution in [2.24, 2.45) is 4.99 Å². The summed E-state index contributed by atoms with van der Waals surface area (Å²) in [7, 11) is 4.20. The van der Waals surface area contributed by atoms with Gasteiger partial charge in [0, 0.05) is 45.0 Å². The Labute approximate surface area is 228 Å². The summed E-state index contributed by atoms with van der Waals surface area (Å²) in [5, 5.41) is 0. The van der Waals surface area contributed by atoms with Crippen LogP contribution in [0, 0.1) is 0 Å². The van der Waals surface area contributed by atoms with Crippen molar-refractivity contribution in [2.45, 2.75) is 85.5 Å². The van der Waals surface area contributed by atoms with Gasteiger partial charge in [0.2, 0.25) is 0 Å². The zero-order valence-corrected chi connectivity index (χ0v) is 24.9. The molecular formula is C34H51N3. The Morgan fingerprint density at radius 2 is 1.73 bits per heavy atom. The summed E-state index contributed by atoms with van der Waals surface area (Å²) in [5.41, 5.74) is 9.20. The Hall–Kier alpha value is -2.81. The number of hydrogen-bond donors (Lipinski definition) is 0. The maximum Gasteiger partial charge on any atom is 0.0523 e. The molecule has 1 aromatic carbocycles. The Morgan fingerprint density at radius 3 is 2.30 bits per heavy atom. The summed E-state index contributed by atoms with van der Waals surface area (Å²) in [6.45, 7) is 19.4. The van der Waals surface area contributed by atoms with Crippen molar-refractivity contribution in [1.29, 1.82) is 0 Å². The van der Waals surface area contributed by atoms with Crippen LogP contribution in [-0.2, 0) is 5.41 Å². The molecule has 3 heteroatoms. The number of rotatable bonds is 9. The van der Waals surface area contributed by atoms with E-state index in [0.717, 1.165) is 25.8 Å². The lowest BCUT2D eigenvalue weighted by Gasteiger charge is -2.19. The summed E-state index contributed by atoms with van der Waals surface area (Å²) in [4.78, 5) is 9.39. The topological polar surface area (TPSA) is 18.8 Å². The fraction of sp³-hybridized carbons (Fsp3) is 0.500. The van der Waals surface area contributed by atoms with E-state index < -0.39 is 0 Å². The van der Waals surface area contributed by atoms with Crippen molar-refractivity contribution in [3.05, 3.63) is 95.0 Å². The number of allylic oxidation sites excluding steroid dienone is 7. The van der Waals surface area contributed by atoms with E-state index in [1.54, 1.807) is 0 Å². The quantitative estimate of drug-likeness (QED) is 0.336. The van der Waals surface area contributed by atoms with Gasteiger partial charge < -0.3 is 9.80 Å². The molecule has 202 valence electrons. The van der Waals surface area contributed by atoms with Gasteiger partial charge in [0.25, 0.3) is 0 Å². The van der Waals surface area contributed by atoms with E-state index >= 15 is 0 Å². The van der Waals surface area contributed by atoms with Gasteiger partial charge >= 0.3 is 0 Å². The molecule has 0 aromatic heterocycles. The fourth-order valence-corrected chi connectivity index (χ4v) is 4.54. The van der Waals surface area contributed by atoms with Crippen LogP contribution < -0.4 is 0 Å². The van der Waals surface area contributed by atoms with E-state index in [9.17, 15) is 0 Å². The minimum Gasteiger partial charge on any atom is -0.378 e. The van der Waals surface area contributed by atoms with Crippen LogP contribution in [0.25, 0.3) is 0 Å². The van der Waals surface area contributed by atoms with Crippen LogP contribution >= 0.6 is 0 Å². The molecule has 0 radical (unpaired) electrons. The number of nitrogens with zero attached hydrogens (tertiary/aromatic N) is 3. The fourth-order valence-electron chi connectivity index (χ4n) is 4.54. The molecule has 0 unspecified atom stereocenters. The van der Waals surface area contributed by atoms with Gasteiger partial charge in [-0.05, 0) is 78.6 Å². The van der Waals surface area contributed by atoms with Crippen molar-refractivity contribution >= 4 is 5.71 Å². The Morgan fingerprint density at radius 1 is 1.03 bits per heavy atom. The molecule has 0 spiro atoms. The molecule has 0 fully saturated rings. The van der Waals surface area contributed by atoms with Crippen molar-refractivity contribution in [3.63, 3.8) is 0 Å². The van der Waals surface area contributed by atoms with Crippen LogP contribution in [-0.4, -0.2) is 42.7 Å². The number of benzene rings is 1. The van der Waals surface area contributed by atoms with E-state index in [1.807, 2.05) is 6.20 Å². The molecule has 1 aromatic rings. The normalized spacial score (nSPS) is 19.3. The third-order valence-corrected chi connectivity index (χ3v) is 6.95. The first-order valence-corrected chi connectivity index (χ1v) is 14.1. The lowest BCUT2D eigenvalue weighted by atomic mass is 9.86. The minimum atomic E-state index is 0.182. The van der Waals surface area contributed by atoms with Gasteiger partial charge in [0.15, 0.2) is 0 Å². The van der Waals surface area contributed by atoms with Crippen LogP contribution in [0.2, 0.25) is 0 Å². The van der Waals surface area contributed by atoms with Crippen LogP contribution in [0.4, 0.5) is 0 Å². The van der Waals surface area contributed by atoms with E-state index in [-0.39, 0.29) is 5.41 Å². The predicted octanol–water partition coefficient (Wildman–Crippen LogP) is 8.81. The average Bonchev–Trinajstić information content (AvgIpc) is 3.23. The lowest BCUT2D eigenvalue weighted by molar-refractivity contribution is 0.368. The smallest absolute Gasteiger partial charge is 0.0523 e. The average molecular weight is 502 g/mol. The van der Waals surface area contributed by atoms with Gasteiger partial charge in [0.1, 0.15) is 0 Å². The summed E-state index contributed by atoms with van der Waals surface area (Å²) in [6.07, 6.45) is 17.7. The van der Waals surface area contributed by atoms with E-state index in [2.05, 4.69) is 121 Å². The first kappa shape index (κ1) is 30.4. The van der Waals surface area contributed by atoms with Gasteiger partial charge in [0.05, 0.1) is 5.71 Å². The van der Waals surface area contributed by atoms with Gasteiger partial charge in [-0.25, -0.2) is 0 Å². The van der Waals surface area contributed by atoms with Crippen LogP contribution in [0.3, 0.4) is 0 Å². The molecule has 0 atom stereocenters. The molecule has 3 rings (SSSR count). The molecule has 0 saturated carbocycles. The third-order valence-electron chi connectivity index (χ3n) is 6.95. The molecule has 0 saturated heterocycles. The highest BCUT2D eigenvalue weighted by Gasteiger charge is 2.21. The second-order valence-electron chi connectivity index (χ2n) is 11.3. The summed E-state index contributed by atoms with van der Waals surface area (Å²) >= 11 is 0. The Kier molecular flexibility index (Phi) is 12.2.